The van der Waals surface area contributed by atoms with Gasteiger partial charge in [-0.3, -0.25) is 0 Å². The van der Waals surface area contributed by atoms with Crippen molar-refractivity contribution in [1.29, 1.82) is 0 Å². The number of rotatable bonds is 5. The Morgan fingerprint density at radius 1 is 1.08 bits per heavy atom. The SMILES string of the molecule is CC=C(C)CC.CCCOCCC. The average molecular weight is 186 g/mol. The molecule has 0 atom stereocenters. The van der Waals surface area contributed by atoms with Gasteiger partial charge in [0.2, 0.25) is 0 Å². The van der Waals surface area contributed by atoms with Crippen molar-refractivity contribution >= 4 is 0 Å². The van der Waals surface area contributed by atoms with Gasteiger partial charge >= 0.3 is 0 Å². The minimum atomic E-state index is 0.924. The lowest BCUT2D eigenvalue weighted by molar-refractivity contribution is 0.135. The van der Waals surface area contributed by atoms with E-state index >= 15 is 0 Å². The third kappa shape index (κ3) is 18.6. The topological polar surface area (TPSA) is 9.23 Å². The molecule has 0 bridgehead atoms. The van der Waals surface area contributed by atoms with Gasteiger partial charge < -0.3 is 4.74 Å². The monoisotopic (exact) mass is 186 g/mol. The number of allylic oxidation sites excluding steroid dienone is 2. The Hall–Kier alpha value is -0.300. The quantitative estimate of drug-likeness (QED) is 0.462. The van der Waals surface area contributed by atoms with E-state index in [2.05, 4.69) is 40.7 Å². The van der Waals surface area contributed by atoms with Crippen molar-refractivity contribution in [3.05, 3.63) is 11.6 Å². The van der Waals surface area contributed by atoms with Crippen LogP contribution in [0.4, 0.5) is 0 Å². The second kappa shape index (κ2) is 14.2. The minimum Gasteiger partial charge on any atom is -0.381 e. The second-order valence-corrected chi connectivity index (χ2v) is 3.10. The molecule has 0 radical (unpaired) electrons. The zero-order valence-corrected chi connectivity index (χ0v) is 10.0. The smallest absolute Gasteiger partial charge is 0.0463 e. The van der Waals surface area contributed by atoms with Crippen molar-refractivity contribution in [2.45, 2.75) is 53.9 Å². The fourth-order valence-electron chi connectivity index (χ4n) is 0.595. The van der Waals surface area contributed by atoms with Gasteiger partial charge in [-0.15, -0.1) is 0 Å². The molecule has 0 fully saturated rings. The molecule has 0 amide bonds. The Morgan fingerprint density at radius 3 is 1.69 bits per heavy atom. The van der Waals surface area contributed by atoms with Gasteiger partial charge in [0, 0.05) is 13.2 Å². The molecule has 1 nitrogen and oxygen atoms in total. The highest BCUT2D eigenvalue weighted by molar-refractivity contribution is 4.93. The molecule has 0 N–H and O–H groups in total. The van der Waals surface area contributed by atoms with Crippen LogP contribution in [0.5, 0.6) is 0 Å². The fraction of sp³-hybridized carbons (Fsp3) is 0.833. The molecule has 0 heterocycles. The summed E-state index contributed by atoms with van der Waals surface area (Å²) in [5.41, 5.74) is 1.47. The van der Waals surface area contributed by atoms with Crippen molar-refractivity contribution in [3.8, 4) is 0 Å². The first-order valence-corrected chi connectivity index (χ1v) is 5.42. The van der Waals surface area contributed by atoms with Crippen LogP contribution in [0.2, 0.25) is 0 Å². The third-order valence-corrected chi connectivity index (χ3v) is 1.75. The molecule has 0 saturated carbocycles. The summed E-state index contributed by atoms with van der Waals surface area (Å²) in [6.07, 6.45) is 5.61. The summed E-state index contributed by atoms with van der Waals surface area (Å²) in [4.78, 5) is 0. The molecular formula is C12H26O. The van der Waals surface area contributed by atoms with Crippen molar-refractivity contribution in [2.75, 3.05) is 13.2 Å². The fourth-order valence-corrected chi connectivity index (χ4v) is 0.595. The van der Waals surface area contributed by atoms with Crippen LogP contribution in [0.3, 0.4) is 0 Å². The van der Waals surface area contributed by atoms with Crippen LogP contribution in [-0.4, -0.2) is 13.2 Å². The standard InChI is InChI=1S/C6H14O.C6H12/c1-3-5-7-6-4-2;1-4-6(3)5-2/h3-6H2,1-2H3;4H,5H2,1-3H3. The van der Waals surface area contributed by atoms with Gasteiger partial charge in [0.15, 0.2) is 0 Å². The molecule has 80 valence electrons. The highest BCUT2D eigenvalue weighted by Crippen LogP contribution is 1.94. The summed E-state index contributed by atoms with van der Waals surface area (Å²) in [6, 6.07) is 0. The summed E-state index contributed by atoms with van der Waals surface area (Å²) in [5, 5.41) is 0. The van der Waals surface area contributed by atoms with Gasteiger partial charge in [-0.2, -0.15) is 0 Å². The zero-order valence-electron chi connectivity index (χ0n) is 10.0. The van der Waals surface area contributed by atoms with E-state index in [-0.39, 0.29) is 0 Å². The van der Waals surface area contributed by atoms with Gasteiger partial charge in [-0.05, 0) is 33.1 Å². The van der Waals surface area contributed by atoms with E-state index in [1.54, 1.807) is 0 Å². The van der Waals surface area contributed by atoms with Crippen LogP contribution >= 0.6 is 0 Å². The Labute approximate surface area is 84.2 Å². The Morgan fingerprint density at radius 2 is 1.54 bits per heavy atom. The van der Waals surface area contributed by atoms with E-state index in [9.17, 15) is 0 Å². The molecule has 0 aromatic heterocycles. The highest BCUT2D eigenvalue weighted by Gasteiger charge is 1.77. The molecule has 0 unspecified atom stereocenters. The zero-order chi connectivity index (χ0) is 10.5. The molecule has 0 aliphatic rings. The number of hydrogen-bond donors (Lipinski definition) is 0. The predicted molar refractivity (Wildman–Crippen MR) is 61.1 cm³/mol. The van der Waals surface area contributed by atoms with Crippen molar-refractivity contribution in [1.82, 2.24) is 0 Å². The van der Waals surface area contributed by atoms with Gasteiger partial charge in [0.05, 0.1) is 0 Å². The maximum Gasteiger partial charge on any atom is 0.0463 e. The number of hydrogen-bond acceptors (Lipinski definition) is 1. The first-order chi connectivity index (χ1) is 6.22. The van der Waals surface area contributed by atoms with E-state index in [1.165, 1.54) is 12.0 Å². The van der Waals surface area contributed by atoms with Crippen LogP contribution < -0.4 is 0 Å². The summed E-state index contributed by atoms with van der Waals surface area (Å²) in [6.45, 7) is 12.5. The average Bonchev–Trinajstić information content (AvgIpc) is 2.18. The van der Waals surface area contributed by atoms with Crippen LogP contribution in [-0.2, 0) is 4.74 Å². The van der Waals surface area contributed by atoms with Crippen LogP contribution in [0.25, 0.3) is 0 Å². The summed E-state index contributed by atoms with van der Waals surface area (Å²) < 4.78 is 5.13. The van der Waals surface area contributed by atoms with Gasteiger partial charge in [-0.1, -0.05) is 32.4 Å². The van der Waals surface area contributed by atoms with E-state index in [4.69, 9.17) is 4.74 Å². The van der Waals surface area contributed by atoms with E-state index in [0.717, 1.165) is 26.1 Å². The lowest BCUT2D eigenvalue weighted by Crippen LogP contribution is -1.92. The molecule has 1 heteroatoms. The molecular weight excluding hydrogens is 160 g/mol. The van der Waals surface area contributed by atoms with Crippen LogP contribution in [0, 0.1) is 0 Å². The largest absolute Gasteiger partial charge is 0.381 e. The van der Waals surface area contributed by atoms with E-state index in [0.29, 0.717) is 0 Å². The molecule has 0 saturated heterocycles. The highest BCUT2D eigenvalue weighted by atomic mass is 16.5. The summed E-state index contributed by atoms with van der Waals surface area (Å²) >= 11 is 0. The molecule has 13 heavy (non-hydrogen) atoms. The number of ether oxygens (including phenoxy) is 1. The predicted octanol–water partition coefficient (Wildman–Crippen LogP) is 4.19. The Balaban J connectivity index is 0. The van der Waals surface area contributed by atoms with Crippen LogP contribution in [0.15, 0.2) is 11.6 Å². The normalized spacial score (nSPS) is 10.7. The van der Waals surface area contributed by atoms with Crippen molar-refractivity contribution in [2.24, 2.45) is 0 Å². The maximum atomic E-state index is 5.13. The maximum absolute atomic E-state index is 5.13. The molecule has 0 rings (SSSR count). The minimum absolute atomic E-state index is 0.924. The molecule has 0 aliphatic carbocycles. The Kier molecular flexibility index (Phi) is 16.6. The van der Waals surface area contributed by atoms with Gasteiger partial charge in [0.1, 0.15) is 0 Å². The molecule has 0 spiro atoms. The van der Waals surface area contributed by atoms with Crippen LogP contribution in [0.1, 0.15) is 53.9 Å². The summed E-state index contributed by atoms with van der Waals surface area (Å²) in [7, 11) is 0. The second-order valence-electron chi connectivity index (χ2n) is 3.10. The molecule has 0 aliphatic heterocycles. The lowest BCUT2D eigenvalue weighted by Gasteiger charge is -1.95. The molecule has 0 aromatic rings. The first kappa shape index (κ1) is 15.2. The van der Waals surface area contributed by atoms with Gasteiger partial charge in [-0.25, -0.2) is 0 Å². The third-order valence-electron chi connectivity index (χ3n) is 1.75. The van der Waals surface area contributed by atoms with Crippen molar-refractivity contribution < 1.29 is 4.74 Å². The Bertz CT molecular complexity index is 102. The molecule has 0 aromatic carbocycles. The van der Waals surface area contributed by atoms with E-state index < -0.39 is 0 Å². The van der Waals surface area contributed by atoms with Crippen molar-refractivity contribution in [3.63, 3.8) is 0 Å². The summed E-state index contributed by atoms with van der Waals surface area (Å²) in [5.74, 6) is 0. The van der Waals surface area contributed by atoms with Gasteiger partial charge in [0.25, 0.3) is 0 Å². The lowest BCUT2D eigenvalue weighted by atomic mass is 10.2. The van der Waals surface area contributed by atoms with E-state index in [1.807, 2.05) is 0 Å². The first-order valence-electron chi connectivity index (χ1n) is 5.42.